The fourth-order valence-corrected chi connectivity index (χ4v) is 3.08. The van der Waals surface area contributed by atoms with Gasteiger partial charge in [0.1, 0.15) is 0 Å². The zero-order valence-corrected chi connectivity index (χ0v) is 14.8. The fourth-order valence-electron chi connectivity index (χ4n) is 3.08. The molecule has 0 aliphatic carbocycles. The Morgan fingerprint density at radius 3 is 1.55 bits per heavy atom. The first-order chi connectivity index (χ1) is 9.70. The number of unbranched alkanes of at least 4 members (excludes halogenated alkanes) is 10. The Labute approximate surface area is 130 Å². The van der Waals surface area contributed by atoms with Crippen LogP contribution in [0.3, 0.4) is 0 Å². The second-order valence-electron chi connectivity index (χ2n) is 7.06. The Hall–Kier alpha value is 0. The van der Waals surface area contributed by atoms with Gasteiger partial charge in [-0.3, -0.25) is 0 Å². The van der Waals surface area contributed by atoms with Gasteiger partial charge in [0.15, 0.2) is 0 Å². The summed E-state index contributed by atoms with van der Waals surface area (Å²) in [5.41, 5.74) is 0. The van der Waals surface area contributed by atoms with Gasteiger partial charge in [0.25, 0.3) is 0 Å². The second kappa shape index (κ2) is 15.4. The van der Waals surface area contributed by atoms with Crippen molar-refractivity contribution in [1.82, 2.24) is 0 Å². The molecule has 0 aliphatic rings. The third kappa shape index (κ3) is 14.4. The van der Waals surface area contributed by atoms with Gasteiger partial charge in [-0.2, -0.15) is 0 Å². The first kappa shape index (κ1) is 20.0. The highest BCUT2D eigenvalue weighted by Crippen LogP contribution is 2.20. The molecule has 0 saturated carbocycles. The van der Waals surface area contributed by atoms with Crippen molar-refractivity contribution in [3.05, 3.63) is 6.92 Å². The second-order valence-corrected chi connectivity index (χ2v) is 7.06. The molecule has 1 radical (unpaired) electrons. The van der Waals surface area contributed by atoms with E-state index in [2.05, 4.69) is 27.7 Å². The Kier molecular flexibility index (Phi) is 15.4. The molecule has 121 valence electrons. The van der Waals surface area contributed by atoms with Gasteiger partial charge < -0.3 is 0 Å². The molecule has 20 heavy (non-hydrogen) atoms. The van der Waals surface area contributed by atoms with Crippen LogP contribution in [0.25, 0.3) is 0 Å². The van der Waals surface area contributed by atoms with Crippen molar-refractivity contribution in [3.63, 3.8) is 0 Å². The van der Waals surface area contributed by atoms with E-state index in [1.54, 1.807) is 0 Å². The third-order valence-electron chi connectivity index (χ3n) is 4.60. The normalized spacial score (nSPS) is 14.4. The lowest BCUT2D eigenvalue weighted by atomic mass is 9.91. The monoisotopic (exact) mass is 281 g/mol. The van der Waals surface area contributed by atoms with Crippen LogP contribution in [0.2, 0.25) is 0 Å². The predicted octanol–water partition coefficient (Wildman–Crippen LogP) is 7.57. The summed E-state index contributed by atoms with van der Waals surface area (Å²) in [4.78, 5) is 0. The molecule has 0 aliphatic heterocycles. The van der Waals surface area contributed by atoms with Gasteiger partial charge in [-0.15, -0.1) is 0 Å². The summed E-state index contributed by atoms with van der Waals surface area (Å²) in [5.74, 6) is 1.73. The van der Waals surface area contributed by atoms with Gasteiger partial charge >= 0.3 is 0 Å². The molecule has 0 aromatic carbocycles. The summed E-state index contributed by atoms with van der Waals surface area (Å²) in [6.45, 7) is 11.0. The lowest BCUT2D eigenvalue weighted by Crippen LogP contribution is -2.02. The molecule has 0 saturated heterocycles. The molecule has 0 N–H and O–H groups in total. The molecule has 0 amide bonds. The van der Waals surface area contributed by atoms with Gasteiger partial charge in [0.05, 0.1) is 0 Å². The van der Waals surface area contributed by atoms with Crippen LogP contribution in [0.15, 0.2) is 0 Å². The molecule has 0 bridgehead atoms. The van der Waals surface area contributed by atoms with Crippen molar-refractivity contribution < 1.29 is 0 Å². The summed E-state index contributed by atoms with van der Waals surface area (Å²) in [5, 5.41) is 0. The SMILES string of the molecule is [CH2]CC(C)CC(C)CCCCCCCCCCCCC. The van der Waals surface area contributed by atoms with Crippen LogP contribution in [-0.2, 0) is 0 Å². The maximum absolute atomic E-state index is 4.00. The molecule has 0 fully saturated rings. The minimum absolute atomic E-state index is 0.817. The van der Waals surface area contributed by atoms with E-state index in [1.807, 2.05) is 0 Å². The van der Waals surface area contributed by atoms with E-state index in [1.165, 1.54) is 83.5 Å². The molecule has 0 aromatic rings. The highest BCUT2D eigenvalue weighted by atomic mass is 14.1. The topological polar surface area (TPSA) is 0 Å². The molecule has 0 spiro atoms. The Bertz CT molecular complexity index is 173. The van der Waals surface area contributed by atoms with E-state index >= 15 is 0 Å². The van der Waals surface area contributed by atoms with E-state index < -0.39 is 0 Å². The van der Waals surface area contributed by atoms with Crippen molar-refractivity contribution in [2.45, 2.75) is 111 Å². The van der Waals surface area contributed by atoms with Gasteiger partial charge in [0, 0.05) is 0 Å². The van der Waals surface area contributed by atoms with Crippen LogP contribution in [-0.4, -0.2) is 0 Å². The average molecular weight is 282 g/mol. The quantitative estimate of drug-likeness (QED) is 0.271. The zero-order valence-electron chi connectivity index (χ0n) is 14.8. The van der Waals surface area contributed by atoms with Crippen LogP contribution in [0.5, 0.6) is 0 Å². The Morgan fingerprint density at radius 1 is 0.650 bits per heavy atom. The van der Waals surface area contributed by atoms with Crippen molar-refractivity contribution in [2.24, 2.45) is 11.8 Å². The summed E-state index contributed by atoms with van der Waals surface area (Å²) >= 11 is 0. The minimum Gasteiger partial charge on any atom is -0.0654 e. The Balaban J connectivity index is 3.12. The molecular formula is C20H41. The number of rotatable bonds is 15. The van der Waals surface area contributed by atoms with Crippen LogP contribution in [0, 0.1) is 18.8 Å². The minimum atomic E-state index is 0.817. The van der Waals surface area contributed by atoms with Gasteiger partial charge in [-0.05, 0) is 18.3 Å². The summed E-state index contributed by atoms with van der Waals surface area (Å²) in [6, 6.07) is 0. The molecule has 0 nitrogen and oxygen atoms in total. The van der Waals surface area contributed by atoms with E-state index in [-0.39, 0.29) is 0 Å². The number of hydrogen-bond acceptors (Lipinski definition) is 0. The molecule has 0 aromatic heterocycles. The smallest absolute Gasteiger partial charge is 0.0440 e. The lowest BCUT2D eigenvalue weighted by Gasteiger charge is -2.15. The molecule has 2 atom stereocenters. The predicted molar refractivity (Wildman–Crippen MR) is 94.0 cm³/mol. The average Bonchev–Trinajstić information content (AvgIpc) is 2.44. The van der Waals surface area contributed by atoms with Gasteiger partial charge in [-0.1, -0.05) is 111 Å². The zero-order chi connectivity index (χ0) is 15.1. The van der Waals surface area contributed by atoms with E-state index in [0.717, 1.165) is 18.3 Å². The van der Waals surface area contributed by atoms with Crippen LogP contribution in [0.1, 0.15) is 111 Å². The largest absolute Gasteiger partial charge is 0.0654 e. The van der Waals surface area contributed by atoms with Crippen molar-refractivity contribution in [1.29, 1.82) is 0 Å². The fraction of sp³-hybridized carbons (Fsp3) is 0.950. The maximum Gasteiger partial charge on any atom is -0.0440 e. The first-order valence-corrected chi connectivity index (χ1v) is 9.49. The molecular weight excluding hydrogens is 240 g/mol. The highest BCUT2D eigenvalue weighted by Gasteiger charge is 2.06. The molecule has 0 heteroatoms. The van der Waals surface area contributed by atoms with Crippen molar-refractivity contribution in [3.8, 4) is 0 Å². The van der Waals surface area contributed by atoms with Crippen LogP contribution >= 0.6 is 0 Å². The van der Waals surface area contributed by atoms with E-state index in [0.29, 0.717) is 0 Å². The van der Waals surface area contributed by atoms with Gasteiger partial charge in [0.2, 0.25) is 0 Å². The number of hydrogen-bond donors (Lipinski definition) is 0. The molecule has 0 rings (SSSR count). The Morgan fingerprint density at radius 2 is 1.10 bits per heavy atom. The highest BCUT2D eigenvalue weighted by molar-refractivity contribution is 4.61. The van der Waals surface area contributed by atoms with Crippen molar-refractivity contribution in [2.75, 3.05) is 0 Å². The molecule has 2 unspecified atom stereocenters. The van der Waals surface area contributed by atoms with Gasteiger partial charge in [-0.25, -0.2) is 0 Å². The van der Waals surface area contributed by atoms with Crippen LogP contribution in [0.4, 0.5) is 0 Å². The maximum atomic E-state index is 4.00. The van der Waals surface area contributed by atoms with Crippen LogP contribution < -0.4 is 0 Å². The van der Waals surface area contributed by atoms with Crippen molar-refractivity contribution >= 4 is 0 Å². The first-order valence-electron chi connectivity index (χ1n) is 9.49. The third-order valence-corrected chi connectivity index (χ3v) is 4.60. The summed E-state index contributed by atoms with van der Waals surface area (Å²) < 4.78 is 0. The van der Waals surface area contributed by atoms with E-state index in [9.17, 15) is 0 Å². The van der Waals surface area contributed by atoms with E-state index in [4.69, 9.17) is 0 Å². The summed E-state index contributed by atoms with van der Waals surface area (Å²) in [6.07, 6.45) is 19.9. The summed E-state index contributed by atoms with van der Waals surface area (Å²) in [7, 11) is 0. The lowest BCUT2D eigenvalue weighted by molar-refractivity contribution is 0.381. The molecule has 0 heterocycles. The standard InChI is InChI=1S/C20H41/c1-5-7-8-9-10-11-12-13-14-15-16-17-20(4)18-19(3)6-2/h19-20H,2,5-18H2,1,3-4H3.